The van der Waals surface area contributed by atoms with Gasteiger partial charge in [-0.1, -0.05) is 0 Å². The number of amides is 2. The molecule has 0 aliphatic carbocycles. The van der Waals surface area contributed by atoms with Gasteiger partial charge in [-0.25, -0.2) is 0 Å². The maximum Gasteiger partial charge on any atom is 0.246 e. The van der Waals surface area contributed by atoms with Gasteiger partial charge in [0, 0.05) is 12.1 Å². The molecule has 0 bridgehead atoms. The first-order valence-electron chi connectivity index (χ1n) is 5.63. The van der Waals surface area contributed by atoms with Gasteiger partial charge >= 0.3 is 0 Å². The lowest BCUT2D eigenvalue weighted by molar-refractivity contribution is -0.130. The van der Waals surface area contributed by atoms with Crippen LogP contribution in [0.2, 0.25) is 0 Å². The van der Waals surface area contributed by atoms with Crippen molar-refractivity contribution in [2.75, 3.05) is 18.0 Å². The van der Waals surface area contributed by atoms with E-state index in [-0.39, 0.29) is 24.9 Å². The molecule has 1 aromatic heterocycles. The molecule has 1 aliphatic heterocycles. The third-order valence-corrected chi connectivity index (χ3v) is 3.01. The number of hydrogen-bond acceptors (Lipinski definition) is 6. The van der Waals surface area contributed by atoms with E-state index >= 15 is 0 Å². The number of carbonyl (C=O) groups is 2. The number of imide groups is 1. The molecule has 0 spiro atoms. The lowest BCUT2D eigenvalue weighted by atomic mass is 10.1. The Labute approximate surface area is 104 Å². The fraction of sp³-hybridized carbons (Fsp3) is 0.455. The quantitative estimate of drug-likeness (QED) is 0.653. The Morgan fingerprint density at radius 3 is 2.39 bits per heavy atom. The third kappa shape index (κ3) is 2.17. The minimum atomic E-state index is -0.339. The number of aromatic nitrogens is 2. The summed E-state index contributed by atoms with van der Waals surface area (Å²) in [6.45, 7) is 4.23. The van der Waals surface area contributed by atoms with Crippen molar-refractivity contribution in [2.45, 2.75) is 20.4 Å². The number of nitrogens with two attached hydrogens (primary N) is 1. The first-order valence-corrected chi connectivity index (χ1v) is 5.63. The molecule has 0 saturated carbocycles. The molecule has 7 nitrogen and oxygen atoms in total. The summed E-state index contributed by atoms with van der Waals surface area (Å²) in [5.41, 5.74) is 8.28. The number of aryl methyl sites for hydroxylation is 1. The highest BCUT2D eigenvalue weighted by molar-refractivity contribution is 6.02. The van der Waals surface area contributed by atoms with Crippen LogP contribution in [0, 0.1) is 13.8 Å². The molecule has 2 rings (SSSR count). The van der Waals surface area contributed by atoms with Crippen LogP contribution in [0.5, 0.6) is 0 Å². The zero-order valence-corrected chi connectivity index (χ0v) is 10.4. The van der Waals surface area contributed by atoms with Gasteiger partial charge in [0.15, 0.2) is 5.82 Å². The largest absolute Gasteiger partial charge is 0.336 e. The average Bonchev–Trinajstić information content (AvgIpc) is 2.31. The summed E-state index contributed by atoms with van der Waals surface area (Å²) in [5, 5.41) is 10.3. The van der Waals surface area contributed by atoms with Crippen molar-refractivity contribution in [1.82, 2.24) is 15.5 Å². The zero-order valence-electron chi connectivity index (χ0n) is 10.4. The molecule has 0 radical (unpaired) electrons. The first-order chi connectivity index (χ1) is 8.52. The lowest BCUT2D eigenvalue weighted by Crippen LogP contribution is -2.52. The molecule has 0 unspecified atom stereocenters. The first kappa shape index (κ1) is 12.4. The van der Waals surface area contributed by atoms with E-state index in [4.69, 9.17) is 5.73 Å². The Balaban J connectivity index is 2.41. The molecule has 2 amide bonds. The normalized spacial score (nSPS) is 15.8. The van der Waals surface area contributed by atoms with Crippen molar-refractivity contribution in [2.24, 2.45) is 5.73 Å². The van der Waals surface area contributed by atoms with Crippen LogP contribution in [0.25, 0.3) is 0 Å². The van der Waals surface area contributed by atoms with Gasteiger partial charge in [0.2, 0.25) is 11.8 Å². The number of anilines is 1. The van der Waals surface area contributed by atoms with E-state index in [0.717, 1.165) is 16.8 Å². The topological polar surface area (TPSA) is 101 Å². The van der Waals surface area contributed by atoms with Crippen molar-refractivity contribution >= 4 is 17.6 Å². The van der Waals surface area contributed by atoms with Crippen LogP contribution >= 0.6 is 0 Å². The number of rotatable bonds is 2. The van der Waals surface area contributed by atoms with E-state index in [1.807, 2.05) is 13.8 Å². The fourth-order valence-corrected chi connectivity index (χ4v) is 1.93. The van der Waals surface area contributed by atoms with Gasteiger partial charge in [0.1, 0.15) is 0 Å². The Morgan fingerprint density at radius 2 is 1.83 bits per heavy atom. The van der Waals surface area contributed by atoms with Gasteiger partial charge in [-0.15, -0.1) is 5.10 Å². The SMILES string of the molecule is Cc1nnc(N2CC(=O)NC(=O)C2)c(CN)c1C. The maximum absolute atomic E-state index is 11.4. The molecule has 7 heteroatoms. The zero-order chi connectivity index (χ0) is 13.3. The Hall–Kier alpha value is -2.02. The Bertz CT molecular complexity index is 498. The van der Waals surface area contributed by atoms with Crippen LogP contribution < -0.4 is 16.0 Å². The van der Waals surface area contributed by atoms with Crippen molar-refractivity contribution in [3.05, 3.63) is 16.8 Å². The fourth-order valence-electron chi connectivity index (χ4n) is 1.93. The average molecular weight is 249 g/mol. The summed E-state index contributed by atoms with van der Waals surface area (Å²) in [6.07, 6.45) is 0. The van der Waals surface area contributed by atoms with E-state index in [1.165, 1.54) is 0 Å². The van der Waals surface area contributed by atoms with Crippen molar-refractivity contribution in [1.29, 1.82) is 0 Å². The second-order valence-corrected chi connectivity index (χ2v) is 4.24. The van der Waals surface area contributed by atoms with Crippen molar-refractivity contribution in [3.63, 3.8) is 0 Å². The molecule has 0 atom stereocenters. The van der Waals surface area contributed by atoms with Crippen LogP contribution in [-0.2, 0) is 16.1 Å². The molecule has 1 aliphatic rings. The molecule has 1 fully saturated rings. The van der Waals surface area contributed by atoms with E-state index in [2.05, 4.69) is 15.5 Å². The Morgan fingerprint density at radius 1 is 1.22 bits per heavy atom. The molecule has 3 N–H and O–H groups in total. The van der Waals surface area contributed by atoms with Crippen LogP contribution in [0.15, 0.2) is 0 Å². The molecule has 1 saturated heterocycles. The van der Waals surface area contributed by atoms with Crippen LogP contribution in [-0.4, -0.2) is 35.1 Å². The van der Waals surface area contributed by atoms with Gasteiger partial charge in [-0.05, 0) is 19.4 Å². The highest BCUT2D eigenvalue weighted by Crippen LogP contribution is 2.22. The maximum atomic E-state index is 11.4. The summed E-state index contributed by atoms with van der Waals surface area (Å²) in [7, 11) is 0. The molecule has 1 aromatic rings. The van der Waals surface area contributed by atoms with Crippen LogP contribution in [0.1, 0.15) is 16.8 Å². The summed E-state index contributed by atoms with van der Waals surface area (Å²) in [5.74, 6) is -0.160. The number of nitrogens with zero attached hydrogens (tertiary/aromatic N) is 3. The van der Waals surface area contributed by atoms with Gasteiger partial charge in [0.05, 0.1) is 18.8 Å². The van der Waals surface area contributed by atoms with Gasteiger partial charge in [-0.3, -0.25) is 14.9 Å². The standard InChI is InChI=1S/C11H15N5O2/c1-6-7(2)14-15-11(8(6)3-12)16-4-9(17)13-10(18)5-16/h3-5,12H2,1-2H3,(H,13,17,18). The van der Waals surface area contributed by atoms with Crippen molar-refractivity contribution < 1.29 is 9.59 Å². The molecular weight excluding hydrogens is 234 g/mol. The Kier molecular flexibility index (Phi) is 3.24. The summed E-state index contributed by atoms with van der Waals surface area (Å²) in [4.78, 5) is 24.3. The molecular formula is C11H15N5O2. The predicted molar refractivity (Wildman–Crippen MR) is 64.8 cm³/mol. The number of carbonyl (C=O) groups excluding carboxylic acids is 2. The molecule has 0 aromatic carbocycles. The third-order valence-electron chi connectivity index (χ3n) is 3.01. The van der Waals surface area contributed by atoms with Gasteiger partial charge in [-0.2, -0.15) is 5.10 Å². The highest BCUT2D eigenvalue weighted by atomic mass is 16.2. The lowest BCUT2D eigenvalue weighted by Gasteiger charge is -2.28. The van der Waals surface area contributed by atoms with Gasteiger partial charge in [0.25, 0.3) is 0 Å². The minimum absolute atomic E-state index is 0.0932. The summed E-state index contributed by atoms with van der Waals surface area (Å²) < 4.78 is 0. The number of nitrogens with one attached hydrogen (secondary N) is 1. The number of piperazine rings is 1. The number of hydrogen-bond donors (Lipinski definition) is 2. The monoisotopic (exact) mass is 249 g/mol. The second-order valence-electron chi connectivity index (χ2n) is 4.24. The molecule has 18 heavy (non-hydrogen) atoms. The van der Waals surface area contributed by atoms with E-state index in [9.17, 15) is 9.59 Å². The predicted octanol–water partition coefficient (Wildman–Crippen LogP) is -0.985. The van der Waals surface area contributed by atoms with E-state index < -0.39 is 0 Å². The summed E-state index contributed by atoms with van der Waals surface area (Å²) >= 11 is 0. The minimum Gasteiger partial charge on any atom is -0.336 e. The molecule has 2 heterocycles. The van der Waals surface area contributed by atoms with Crippen molar-refractivity contribution in [3.8, 4) is 0 Å². The highest BCUT2D eigenvalue weighted by Gasteiger charge is 2.26. The van der Waals surface area contributed by atoms with Crippen LogP contribution in [0.4, 0.5) is 5.82 Å². The smallest absolute Gasteiger partial charge is 0.246 e. The summed E-state index contributed by atoms with van der Waals surface area (Å²) in [6, 6.07) is 0. The molecule has 96 valence electrons. The van der Waals surface area contributed by atoms with Crippen LogP contribution in [0.3, 0.4) is 0 Å². The second kappa shape index (κ2) is 4.69. The van der Waals surface area contributed by atoms with Gasteiger partial charge < -0.3 is 10.6 Å². The van der Waals surface area contributed by atoms with E-state index in [0.29, 0.717) is 12.4 Å². The van der Waals surface area contributed by atoms with E-state index in [1.54, 1.807) is 4.90 Å².